The maximum Gasteiger partial charge on any atom is 0.244 e. The van der Waals surface area contributed by atoms with Crippen molar-refractivity contribution in [3.8, 4) is 0 Å². The molecular formula is C12H12NO3-. The predicted molar refractivity (Wildman–Crippen MR) is 57.1 cm³/mol. The van der Waals surface area contributed by atoms with Gasteiger partial charge in [-0.1, -0.05) is 30.3 Å². The molecule has 1 N–H and O–H groups in total. The first-order chi connectivity index (χ1) is 7.59. The summed E-state index contributed by atoms with van der Waals surface area (Å²) in [5.41, 5.74) is 0.956. The number of benzene rings is 1. The summed E-state index contributed by atoms with van der Waals surface area (Å²) in [7, 11) is 0. The second kappa shape index (κ2) is 5.70. The summed E-state index contributed by atoms with van der Waals surface area (Å²) in [5.74, 6) is -1.84. The number of amides is 1. The molecule has 0 aliphatic carbocycles. The van der Waals surface area contributed by atoms with Crippen molar-refractivity contribution in [3.63, 3.8) is 0 Å². The number of aliphatic carboxylic acids is 1. The first-order valence-corrected chi connectivity index (χ1v) is 4.84. The van der Waals surface area contributed by atoms with E-state index in [-0.39, 0.29) is 6.04 Å². The number of carbonyl (C=O) groups excluding carboxylic acids is 2. The second-order valence-corrected chi connectivity index (χ2v) is 3.29. The Bertz CT molecular complexity index is 398. The Labute approximate surface area is 93.6 Å². The number of carbonyl (C=O) groups is 2. The average molecular weight is 218 g/mol. The SMILES string of the molecule is C[C@H](NC(=O)/C=C/C(=O)[O-])c1ccccc1. The molecule has 0 saturated heterocycles. The third-order valence-electron chi connectivity index (χ3n) is 2.03. The lowest BCUT2D eigenvalue weighted by Gasteiger charge is -2.12. The molecule has 0 aromatic heterocycles. The van der Waals surface area contributed by atoms with E-state index in [1.165, 1.54) is 0 Å². The average Bonchev–Trinajstić information content (AvgIpc) is 2.27. The number of hydrogen-bond acceptors (Lipinski definition) is 3. The molecule has 0 heterocycles. The van der Waals surface area contributed by atoms with E-state index in [2.05, 4.69) is 5.32 Å². The van der Waals surface area contributed by atoms with Gasteiger partial charge in [0.15, 0.2) is 0 Å². The number of hydrogen-bond donors (Lipinski definition) is 1. The summed E-state index contributed by atoms with van der Waals surface area (Å²) < 4.78 is 0. The van der Waals surface area contributed by atoms with Crippen molar-refractivity contribution in [1.82, 2.24) is 5.32 Å². The van der Waals surface area contributed by atoms with E-state index in [4.69, 9.17) is 0 Å². The van der Waals surface area contributed by atoms with Crippen LogP contribution in [0.5, 0.6) is 0 Å². The van der Waals surface area contributed by atoms with E-state index in [1.807, 2.05) is 37.3 Å². The Morgan fingerprint density at radius 3 is 2.44 bits per heavy atom. The monoisotopic (exact) mass is 218 g/mol. The molecule has 1 aromatic rings. The summed E-state index contributed by atoms with van der Waals surface area (Å²) in [6.07, 6.45) is 1.64. The maximum atomic E-state index is 11.2. The number of carboxylic acids is 1. The molecule has 0 radical (unpaired) electrons. The van der Waals surface area contributed by atoms with E-state index in [0.29, 0.717) is 6.08 Å². The van der Waals surface area contributed by atoms with E-state index < -0.39 is 11.9 Å². The van der Waals surface area contributed by atoms with Gasteiger partial charge in [0.2, 0.25) is 5.91 Å². The van der Waals surface area contributed by atoms with Crippen molar-refractivity contribution in [2.75, 3.05) is 0 Å². The van der Waals surface area contributed by atoms with E-state index in [1.54, 1.807) is 0 Å². The Morgan fingerprint density at radius 2 is 1.88 bits per heavy atom. The van der Waals surface area contributed by atoms with E-state index >= 15 is 0 Å². The van der Waals surface area contributed by atoms with Crippen LogP contribution in [0.2, 0.25) is 0 Å². The third kappa shape index (κ3) is 3.96. The summed E-state index contributed by atoms with van der Waals surface area (Å²) >= 11 is 0. The lowest BCUT2D eigenvalue weighted by Crippen LogP contribution is -2.26. The molecule has 84 valence electrons. The summed E-state index contributed by atoms with van der Waals surface area (Å²) in [6, 6.07) is 9.22. The number of nitrogens with one attached hydrogen (secondary N) is 1. The molecule has 1 rings (SSSR count). The van der Waals surface area contributed by atoms with Gasteiger partial charge in [0, 0.05) is 6.08 Å². The van der Waals surface area contributed by atoms with Gasteiger partial charge in [-0.05, 0) is 18.6 Å². The molecule has 0 fully saturated rings. The van der Waals surface area contributed by atoms with Crippen molar-refractivity contribution in [1.29, 1.82) is 0 Å². The van der Waals surface area contributed by atoms with Gasteiger partial charge in [-0.25, -0.2) is 0 Å². The zero-order valence-corrected chi connectivity index (χ0v) is 8.84. The van der Waals surface area contributed by atoms with Crippen LogP contribution in [0.15, 0.2) is 42.5 Å². The Hall–Kier alpha value is -2.10. The Balaban J connectivity index is 2.55. The third-order valence-corrected chi connectivity index (χ3v) is 2.03. The lowest BCUT2D eigenvalue weighted by molar-refractivity contribution is -0.297. The molecule has 4 heteroatoms. The van der Waals surface area contributed by atoms with Gasteiger partial charge < -0.3 is 15.2 Å². The highest BCUT2D eigenvalue weighted by molar-refractivity contribution is 5.93. The smallest absolute Gasteiger partial charge is 0.244 e. The van der Waals surface area contributed by atoms with Crippen LogP contribution in [0.4, 0.5) is 0 Å². The fourth-order valence-corrected chi connectivity index (χ4v) is 1.23. The van der Waals surface area contributed by atoms with Crippen LogP contribution in [0, 0.1) is 0 Å². The van der Waals surface area contributed by atoms with Gasteiger partial charge in [-0.3, -0.25) is 4.79 Å². The first-order valence-electron chi connectivity index (χ1n) is 4.84. The molecule has 0 aliphatic heterocycles. The minimum atomic E-state index is -1.39. The molecule has 0 spiro atoms. The minimum Gasteiger partial charge on any atom is -0.545 e. The number of rotatable bonds is 4. The predicted octanol–water partition coefficient (Wildman–Crippen LogP) is 0.170. The van der Waals surface area contributed by atoms with Crippen molar-refractivity contribution in [2.45, 2.75) is 13.0 Å². The zero-order chi connectivity index (χ0) is 12.0. The molecule has 0 bridgehead atoms. The van der Waals surface area contributed by atoms with Crippen LogP contribution >= 0.6 is 0 Å². The molecule has 1 atom stereocenters. The standard InChI is InChI=1S/C12H13NO3/c1-9(10-5-3-2-4-6-10)13-11(14)7-8-12(15)16/h2-9H,1H3,(H,13,14)(H,15,16)/p-1/b8-7+/t9-/m0/s1. The molecule has 0 unspecified atom stereocenters. The van der Waals surface area contributed by atoms with Crippen molar-refractivity contribution >= 4 is 11.9 Å². The van der Waals surface area contributed by atoms with Gasteiger partial charge in [-0.15, -0.1) is 0 Å². The quantitative estimate of drug-likeness (QED) is 0.732. The van der Waals surface area contributed by atoms with Crippen LogP contribution in [0.3, 0.4) is 0 Å². The molecule has 0 aliphatic rings. The van der Waals surface area contributed by atoms with E-state index in [0.717, 1.165) is 11.6 Å². The van der Waals surface area contributed by atoms with Crippen LogP contribution in [0.1, 0.15) is 18.5 Å². The van der Waals surface area contributed by atoms with Crippen LogP contribution in [-0.4, -0.2) is 11.9 Å². The maximum absolute atomic E-state index is 11.2. The highest BCUT2D eigenvalue weighted by Crippen LogP contribution is 2.10. The van der Waals surface area contributed by atoms with Gasteiger partial charge in [0.1, 0.15) is 0 Å². The molecule has 16 heavy (non-hydrogen) atoms. The minimum absolute atomic E-state index is 0.167. The van der Waals surface area contributed by atoms with Gasteiger partial charge >= 0.3 is 0 Å². The van der Waals surface area contributed by atoms with Crippen LogP contribution < -0.4 is 10.4 Å². The topological polar surface area (TPSA) is 69.2 Å². The molecule has 4 nitrogen and oxygen atoms in total. The van der Waals surface area contributed by atoms with Crippen molar-refractivity contribution < 1.29 is 14.7 Å². The Kier molecular flexibility index (Phi) is 4.27. The molecule has 0 saturated carbocycles. The summed E-state index contributed by atoms with van der Waals surface area (Å²) in [5, 5.41) is 12.7. The van der Waals surface area contributed by atoms with Crippen LogP contribution in [-0.2, 0) is 9.59 Å². The largest absolute Gasteiger partial charge is 0.545 e. The molecule has 1 aromatic carbocycles. The normalized spacial score (nSPS) is 12.3. The van der Waals surface area contributed by atoms with Gasteiger partial charge in [-0.2, -0.15) is 0 Å². The van der Waals surface area contributed by atoms with Gasteiger partial charge in [0.05, 0.1) is 12.0 Å². The zero-order valence-electron chi connectivity index (χ0n) is 8.84. The summed E-state index contributed by atoms with van der Waals surface area (Å²) in [6.45, 7) is 1.82. The van der Waals surface area contributed by atoms with Crippen LogP contribution in [0.25, 0.3) is 0 Å². The lowest BCUT2D eigenvalue weighted by atomic mass is 10.1. The second-order valence-electron chi connectivity index (χ2n) is 3.29. The summed E-state index contributed by atoms with van der Waals surface area (Å²) in [4.78, 5) is 21.3. The Morgan fingerprint density at radius 1 is 1.25 bits per heavy atom. The molecule has 1 amide bonds. The molecular weight excluding hydrogens is 206 g/mol. The number of carboxylic acid groups (broad SMARTS) is 1. The van der Waals surface area contributed by atoms with E-state index in [9.17, 15) is 14.7 Å². The highest BCUT2D eigenvalue weighted by Gasteiger charge is 2.05. The fraction of sp³-hybridized carbons (Fsp3) is 0.167. The van der Waals surface area contributed by atoms with Crippen molar-refractivity contribution in [3.05, 3.63) is 48.0 Å². The highest BCUT2D eigenvalue weighted by atomic mass is 16.4. The van der Waals surface area contributed by atoms with Crippen molar-refractivity contribution in [2.24, 2.45) is 0 Å². The fourth-order valence-electron chi connectivity index (χ4n) is 1.23. The first kappa shape index (κ1) is 12.0. The van der Waals surface area contributed by atoms with Gasteiger partial charge in [0.25, 0.3) is 0 Å².